The Bertz CT molecular complexity index is 1500. The molecule has 59 heavy (non-hydrogen) atoms. The van der Waals surface area contributed by atoms with Gasteiger partial charge in [-0.3, -0.25) is 4.90 Å². The van der Waals surface area contributed by atoms with Crippen molar-refractivity contribution >= 4 is 17.9 Å². The summed E-state index contributed by atoms with van der Waals surface area (Å²) in [7, 11) is 1.53. The van der Waals surface area contributed by atoms with Crippen molar-refractivity contribution in [2.75, 3.05) is 46.6 Å². The van der Waals surface area contributed by atoms with E-state index < -0.39 is 29.9 Å². The highest BCUT2D eigenvalue weighted by molar-refractivity contribution is 6.03. The monoisotopic (exact) mass is 826 g/mol. The molecule has 1 heterocycles. The molecule has 3 N–H and O–H groups in total. The van der Waals surface area contributed by atoms with Crippen molar-refractivity contribution in [1.82, 2.24) is 10.2 Å². The maximum atomic E-state index is 13.8. The minimum Gasteiger partial charge on any atom is -0.459 e. The molecule has 2 amide bonds. The third kappa shape index (κ3) is 12.9. The normalized spacial score (nSPS) is 23.7. The van der Waals surface area contributed by atoms with E-state index >= 15 is 0 Å². The third-order valence-corrected chi connectivity index (χ3v) is 12.2. The van der Waals surface area contributed by atoms with Crippen LogP contribution in [0.3, 0.4) is 0 Å². The number of aliphatic hydroxyl groups excluding tert-OH is 2. The minimum absolute atomic E-state index is 0.0496. The molecule has 332 valence electrons. The molecule has 0 spiro atoms. The van der Waals surface area contributed by atoms with Crippen LogP contribution in [0.5, 0.6) is 11.5 Å². The van der Waals surface area contributed by atoms with Crippen LogP contribution in [0, 0.1) is 17.8 Å². The standard InChI is InChI=1S/C47H75N3O9/c1-6-10-11-12-13-14-15-16-17-20-27-48-45(53)58-36-25-26-41-39(33-36)43-37(24-19-22-30-52)35(23-18-21-29-51)32-38-40(49-55-5)34-42(50(28-7-2)46(54)56-9-4)47(59-41,44(38)43)57-31-8-3/h8,25-26,32-33,35,37,42-44,51-52H,3,6-7,9-24,27-31,34H2,1-2,4-5H3,(H,48,53)/t35-,37+,42-,43+,44+,47+/m0/s1. The van der Waals surface area contributed by atoms with Gasteiger partial charge < -0.3 is 39.3 Å². The number of ether oxygens (including phenoxy) is 4. The summed E-state index contributed by atoms with van der Waals surface area (Å²) in [6.07, 6.45) is 20.8. The van der Waals surface area contributed by atoms with Crippen molar-refractivity contribution in [3.8, 4) is 11.5 Å². The zero-order valence-electron chi connectivity index (χ0n) is 36.6. The molecule has 12 heteroatoms. The number of allylic oxidation sites excluding steroid dienone is 1. The molecule has 0 unspecified atom stereocenters. The fourth-order valence-electron chi connectivity index (χ4n) is 9.59. The number of nitrogens with zero attached hydrogens (tertiary/aromatic N) is 2. The first-order valence-electron chi connectivity index (χ1n) is 22.8. The molecule has 4 rings (SSSR count). The zero-order chi connectivity index (χ0) is 42.5. The van der Waals surface area contributed by atoms with E-state index in [-0.39, 0.29) is 44.2 Å². The molecule has 2 aliphatic carbocycles. The lowest BCUT2D eigenvalue weighted by atomic mass is 9.55. The van der Waals surface area contributed by atoms with Crippen LogP contribution in [0.4, 0.5) is 9.59 Å². The fourth-order valence-corrected chi connectivity index (χ4v) is 9.59. The summed E-state index contributed by atoms with van der Waals surface area (Å²) in [5.41, 5.74) is 2.54. The number of hydrogen-bond acceptors (Lipinski definition) is 10. The van der Waals surface area contributed by atoms with Crippen LogP contribution in [0.15, 0.2) is 47.7 Å². The van der Waals surface area contributed by atoms with E-state index in [1.54, 1.807) is 24.0 Å². The van der Waals surface area contributed by atoms with Gasteiger partial charge in [0.05, 0.1) is 24.8 Å². The number of carbonyl (C=O) groups excluding carboxylic acids is 2. The number of fused-ring (bicyclic) bond motifs is 2. The van der Waals surface area contributed by atoms with E-state index in [0.29, 0.717) is 56.0 Å². The smallest absolute Gasteiger partial charge is 0.412 e. The highest BCUT2D eigenvalue weighted by atomic mass is 16.7. The molecule has 1 aromatic carbocycles. The SMILES string of the molecule is C=CCO[C@@]12Oc3ccc(OC(=O)NCCCCCCCCCCCC)cc3[C@H]3[C@H](CCCCO)[C@@H](CCCCO)C=C(C(=NOC)C[C@@H]1N(CCC)C(=O)OCC)[C@H]32. The molecular formula is C47H75N3O9. The topological polar surface area (TPSA) is 148 Å². The molecule has 1 fully saturated rings. The number of rotatable bonds is 28. The molecule has 12 nitrogen and oxygen atoms in total. The van der Waals surface area contributed by atoms with Gasteiger partial charge in [-0.05, 0) is 81.1 Å². The summed E-state index contributed by atoms with van der Waals surface area (Å²) in [6.45, 7) is 11.6. The first-order valence-corrected chi connectivity index (χ1v) is 22.8. The highest BCUT2D eigenvalue weighted by Crippen LogP contribution is 2.62. The minimum atomic E-state index is -1.37. The molecule has 1 saturated carbocycles. The molecule has 3 aliphatic rings. The van der Waals surface area contributed by atoms with Gasteiger partial charge in [-0.2, -0.15) is 0 Å². The van der Waals surface area contributed by atoms with Gasteiger partial charge in [0.1, 0.15) is 24.7 Å². The van der Waals surface area contributed by atoms with Crippen LogP contribution in [0.1, 0.15) is 148 Å². The van der Waals surface area contributed by atoms with Crippen LogP contribution in [0.2, 0.25) is 0 Å². The number of benzene rings is 1. The zero-order valence-corrected chi connectivity index (χ0v) is 36.6. The van der Waals surface area contributed by atoms with Gasteiger partial charge >= 0.3 is 12.2 Å². The summed E-state index contributed by atoms with van der Waals surface area (Å²) in [6, 6.07) is 4.88. The van der Waals surface area contributed by atoms with Gasteiger partial charge in [0, 0.05) is 44.2 Å². The molecule has 0 radical (unpaired) electrons. The second kappa shape index (κ2) is 25.9. The van der Waals surface area contributed by atoms with Crippen LogP contribution in [-0.2, 0) is 14.3 Å². The van der Waals surface area contributed by atoms with Gasteiger partial charge in [-0.25, -0.2) is 9.59 Å². The number of amides is 2. The Kier molecular flexibility index (Phi) is 21.1. The Morgan fingerprint density at radius 1 is 0.949 bits per heavy atom. The largest absolute Gasteiger partial charge is 0.459 e. The van der Waals surface area contributed by atoms with E-state index in [9.17, 15) is 19.8 Å². The van der Waals surface area contributed by atoms with E-state index in [4.69, 9.17) is 23.8 Å². The van der Waals surface area contributed by atoms with Crippen molar-refractivity contribution in [3.63, 3.8) is 0 Å². The van der Waals surface area contributed by atoms with Crippen molar-refractivity contribution < 1.29 is 43.6 Å². The van der Waals surface area contributed by atoms with E-state index in [1.165, 1.54) is 58.5 Å². The quantitative estimate of drug-likeness (QED) is 0.0427. The van der Waals surface area contributed by atoms with Gasteiger partial charge in [0.15, 0.2) is 0 Å². The molecule has 0 bridgehead atoms. The number of unbranched alkanes of at least 4 members (excludes halogenated alkanes) is 11. The Balaban J connectivity index is 1.72. The summed E-state index contributed by atoms with van der Waals surface area (Å²) in [5.74, 6) is -0.912. The number of hydrogen-bond donors (Lipinski definition) is 3. The Morgan fingerprint density at radius 2 is 1.64 bits per heavy atom. The maximum absolute atomic E-state index is 13.8. The predicted molar refractivity (Wildman–Crippen MR) is 232 cm³/mol. The molecular weight excluding hydrogens is 751 g/mol. The summed E-state index contributed by atoms with van der Waals surface area (Å²) in [5, 5.41) is 27.2. The predicted octanol–water partition coefficient (Wildman–Crippen LogP) is 9.83. The first kappa shape index (κ1) is 48.1. The molecule has 6 atom stereocenters. The average molecular weight is 826 g/mol. The Hall–Kier alpha value is -3.61. The summed E-state index contributed by atoms with van der Waals surface area (Å²) >= 11 is 0. The molecule has 0 aromatic heterocycles. The van der Waals surface area contributed by atoms with Gasteiger partial charge in [0.25, 0.3) is 0 Å². The maximum Gasteiger partial charge on any atom is 0.412 e. The van der Waals surface area contributed by atoms with Crippen molar-refractivity contribution in [2.24, 2.45) is 22.9 Å². The summed E-state index contributed by atoms with van der Waals surface area (Å²) < 4.78 is 25.7. The van der Waals surface area contributed by atoms with Gasteiger partial charge in [0.2, 0.25) is 5.79 Å². The molecule has 1 aliphatic heterocycles. The van der Waals surface area contributed by atoms with Crippen molar-refractivity contribution in [3.05, 3.63) is 48.1 Å². The van der Waals surface area contributed by atoms with Gasteiger partial charge in [-0.1, -0.05) is 102 Å². The lowest BCUT2D eigenvalue weighted by molar-refractivity contribution is -0.255. The van der Waals surface area contributed by atoms with Crippen LogP contribution < -0.4 is 14.8 Å². The Morgan fingerprint density at radius 3 is 2.29 bits per heavy atom. The lowest BCUT2D eigenvalue weighted by Crippen LogP contribution is -2.70. The number of nitrogens with one attached hydrogen (secondary N) is 1. The third-order valence-electron chi connectivity index (χ3n) is 12.2. The fraction of sp³-hybridized carbons (Fsp3) is 0.723. The van der Waals surface area contributed by atoms with Crippen molar-refractivity contribution in [2.45, 2.75) is 154 Å². The Labute approximate surface area is 354 Å². The van der Waals surface area contributed by atoms with Crippen LogP contribution in [-0.4, -0.2) is 91.5 Å². The molecule has 0 saturated heterocycles. The second-order valence-electron chi connectivity index (χ2n) is 16.3. The number of carbonyl (C=O) groups is 2. The lowest BCUT2D eigenvalue weighted by Gasteiger charge is -2.59. The highest BCUT2D eigenvalue weighted by Gasteiger charge is 2.65. The number of aliphatic hydroxyl groups is 2. The van der Waals surface area contributed by atoms with E-state index in [0.717, 1.165) is 49.7 Å². The van der Waals surface area contributed by atoms with Crippen LogP contribution in [0.25, 0.3) is 0 Å². The van der Waals surface area contributed by atoms with E-state index in [2.05, 4.69) is 30.1 Å². The van der Waals surface area contributed by atoms with Gasteiger partial charge in [-0.15, -0.1) is 6.58 Å². The molecule has 1 aromatic rings. The average Bonchev–Trinajstić information content (AvgIpc) is 3.23. The van der Waals surface area contributed by atoms with Crippen molar-refractivity contribution in [1.29, 1.82) is 0 Å². The number of oxime groups is 1. The van der Waals surface area contributed by atoms with Crippen LogP contribution >= 0.6 is 0 Å². The van der Waals surface area contributed by atoms with E-state index in [1.807, 2.05) is 19.1 Å². The second-order valence-corrected chi connectivity index (χ2v) is 16.3. The first-order chi connectivity index (χ1) is 28.8. The summed E-state index contributed by atoms with van der Waals surface area (Å²) in [4.78, 5) is 34.3.